The third-order valence-electron chi connectivity index (χ3n) is 4.02. The second-order valence-electron chi connectivity index (χ2n) is 6.06. The Labute approximate surface area is 186 Å². The van der Waals surface area contributed by atoms with Crippen LogP contribution >= 0.6 is 34.4 Å². The molecule has 0 saturated heterocycles. The summed E-state index contributed by atoms with van der Waals surface area (Å²) in [4.78, 5) is 25.8. The molecule has 8 nitrogen and oxygen atoms in total. The van der Waals surface area contributed by atoms with Crippen LogP contribution in [-0.4, -0.2) is 34.4 Å². The van der Waals surface area contributed by atoms with Gasteiger partial charge in [0.2, 0.25) is 11.0 Å². The van der Waals surface area contributed by atoms with Crippen LogP contribution in [-0.2, 0) is 22.5 Å². The number of carbonyl (C=O) groups excluding carboxylic acids is 2. The highest BCUT2D eigenvalue weighted by molar-refractivity contribution is 8.01. The van der Waals surface area contributed by atoms with E-state index in [4.69, 9.17) is 9.15 Å². The Morgan fingerprint density at radius 1 is 1.27 bits per heavy atom. The SMILES string of the molecule is CCOC(=O)c1c(NC(=O)CSc2nnc(NCc3ccco3)s2)sc(C)c1CC. The number of nitrogens with one attached hydrogen (secondary N) is 2. The van der Waals surface area contributed by atoms with Crippen LogP contribution in [0.1, 0.15) is 40.4 Å². The normalized spacial score (nSPS) is 10.8. The summed E-state index contributed by atoms with van der Waals surface area (Å²) < 4.78 is 11.1. The molecule has 0 fully saturated rings. The largest absolute Gasteiger partial charge is 0.467 e. The van der Waals surface area contributed by atoms with E-state index in [0.29, 0.717) is 33.0 Å². The van der Waals surface area contributed by atoms with E-state index in [0.717, 1.165) is 16.2 Å². The molecule has 1 amide bonds. The molecule has 160 valence electrons. The number of thiophene rings is 1. The molecule has 3 rings (SSSR count). The van der Waals surface area contributed by atoms with Gasteiger partial charge in [0.1, 0.15) is 10.8 Å². The van der Waals surface area contributed by atoms with Gasteiger partial charge in [-0.15, -0.1) is 21.5 Å². The maximum atomic E-state index is 12.5. The van der Waals surface area contributed by atoms with Gasteiger partial charge < -0.3 is 19.8 Å². The van der Waals surface area contributed by atoms with Gasteiger partial charge in [0.15, 0.2) is 4.34 Å². The molecule has 0 spiro atoms. The molecule has 3 heterocycles. The number of hydrogen-bond acceptors (Lipinski definition) is 10. The second kappa shape index (κ2) is 10.6. The molecule has 0 unspecified atom stereocenters. The Kier molecular flexibility index (Phi) is 7.88. The van der Waals surface area contributed by atoms with Crippen molar-refractivity contribution in [2.45, 2.75) is 38.1 Å². The van der Waals surface area contributed by atoms with Gasteiger partial charge in [-0.2, -0.15) is 0 Å². The van der Waals surface area contributed by atoms with Gasteiger partial charge >= 0.3 is 5.97 Å². The maximum absolute atomic E-state index is 12.5. The van der Waals surface area contributed by atoms with Crippen LogP contribution in [0.3, 0.4) is 0 Å². The number of thioether (sulfide) groups is 1. The highest BCUT2D eigenvalue weighted by atomic mass is 32.2. The van der Waals surface area contributed by atoms with E-state index in [1.165, 1.54) is 34.4 Å². The fourth-order valence-electron chi connectivity index (χ4n) is 2.72. The zero-order chi connectivity index (χ0) is 21.5. The van der Waals surface area contributed by atoms with Crippen molar-refractivity contribution < 1.29 is 18.7 Å². The van der Waals surface area contributed by atoms with Gasteiger partial charge in [-0.3, -0.25) is 4.79 Å². The van der Waals surface area contributed by atoms with Crippen LogP contribution in [0.4, 0.5) is 10.1 Å². The average Bonchev–Trinajstić information content (AvgIpc) is 3.45. The number of amides is 1. The summed E-state index contributed by atoms with van der Waals surface area (Å²) in [5, 5.41) is 15.3. The lowest BCUT2D eigenvalue weighted by molar-refractivity contribution is -0.113. The van der Waals surface area contributed by atoms with Crippen molar-refractivity contribution in [1.82, 2.24) is 10.2 Å². The van der Waals surface area contributed by atoms with Gasteiger partial charge in [0, 0.05) is 4.88 Å². The lowest BCUT2D eigenvalue weighted by Gasteiger charge is -2.07. The van der Waals surface area contributed by atoms with Gasteiger partial charge in [0.05, 0.1) is 30.7 Å². The third-order valence-corrected chi connectivity index (χ3v) is 7.10. The van der Waals surface area contributed by atoms with Crippen LogP contribution in [0.25, 0.3) is 0 Å². The van der Waals surface area contributed by atoms with Crippen molar-refractivity contribution >= 4 is 56.4 Å². The minimum absolute atomic E-state index is 0.160. The highest BCUT2D eigenvalue weighted by Gasteiger charge is 2.23. The summed E-state index contributed by atoms with van der Waals surface area (Å²) in [6.45, 7) is 6.48. The van der Waals surface area contributed by atoms with Gasteiger partial charge in [-0.05, 0) is 38.0 Å². The van der Waals surface area contributed by atoms with E-state index in [2.05, 4.69) is 20.8 Å². The summed E-state index contributed by atoms with van der Waals surface area (Å²) in [6, 6.07) is 3.69. The summed E-state index contributed by atoms with van der Waals surface area (Å²) in [5.41, 5.74) is 1.37. The lowest BCUT2D eigenvalue weighted by Crippen LogP contribution is -2.16. The first-order valence-electron chi connectivity index (χ1n) is 9.33. The molecule has 0 radical (unpaired) electrons. The van der Waals surface area contributed by atoms with E-state index >= 15 is 0 Å². The molecule has 30 heavy (non-hydrogen) atoms. The van der Waals surface area contributed by atoms with E-state index in [9.17, 15) is 9.59 Å². The molecule has 3 aromatic rings. The Hall–Kier alpha value is -2.37. The molecule has 0 atom stereocenters. The number of hydrogen-bond donors (Lipinski definition) is 2. The van der Waals surface area contributed by atoms with Crippen LogP contribution in [0.15, 0.2) is 27.2 Å². The second-order valence-corrected chi connectivity index (χ2v) is 9.48. The number of carbonyl (C=O) groups is 2. The molecule has 0 aliphatic carbocycles. The quantitative estimate of drug-likeness (QED) is 0.330. The monoisotopic (exact) mass is 466 g/mol. The minimum Gasteiger partial charge on any atom is -0.467 e. The third kappa shape index (κ3) is 5.61. The molecule has 0 bridgehead atoms. The standard InChI is InChI=1S/C19H22N4O4S3/c1-4-13-11(3)29-16(15(13)17(25)26-5-2)21-14(24)10-28-19-23-22-18(30-19)20-9-12-7-6-8-27-12/h6-8H,4-5,9-10H2,1-3H3,(H,20,22)(H,21,24). The first-order chi connectivity index (χ1) is 14.5. The fourth-order valence-corrected chi connectivity index (χ4v) is 5.41. The van der Waals surface area contributed by atoms with Crippen molar-refractivity contribution in [1.29, 1.82) is 0 Å². The van der Waals surface area contributed by atoms with E-state index in [1.54, 1.807) is 13.2 Å². The molecule has 0 saturated carbocycles. The van der Waals surface area contributed by atoms with Crippen molar-refractivity contribution in [2.24, 2.45) is 0 Å². The zero-order valence-corrected chi connectivity index (χ0v) is 19.3. The number of ether oxygens (including phenoxy) is 1. The molecule has 2 N–H and O–H groups in total. The molecule has 0 aromatic carbocycles. The summed E-state index contributed by atoms with van der Waals surface area (Å²) in [7, 11) is 0. The number of furan rings is 1. The smallest absolute Gasteiger partial charge is 0.341 e. The summed E-state index contributed by atoms with van der Waals surface area (Å²) >= 11 is 4.05. The Morgan fingerprint density at radius 2 is 2.10 bits per heavy atom. The predicted molar refractivity (Wildman–Crippen MR) is 120 cm³/mol. The Balaban J connectivity index is 1.57. The zero-order valence-electron chi connectivity index (χ0n) is 16.8. The van der Waals surface area contributed by atoms with Crippen LogP contribution in [0.2, 0.25) is 0 Å². The number of rotatable bonds is 10. The van der Waals surface area contributed by atoms with Gasteiger partial charge in [-0.25, -0.2) is 4.79 Å². The molecule has 11 heteroatoms. The molecular weight excluding hydrogens is 444 g/mol. The molecule has 0 aliphatic heterocycles. The summed E-state index contributed by atoms with van der Waals surface area (Å²) in [6.07, 6.45) is 2.31. The van der Waals surface area contributed by atoms with Gasteiger partial charge in [-0.1, -0.05) is 30.0 Å². The van der Waals surface area contributed by atoms with Crippen molar-refractivity contribution in [3.8, 4) is 0 Å². The molecule has 0 aliphatic rings. The topological polar surface area (TPSA) is 106 Å². The first kappa shape index (κ1) is 22.3. The minimum atomic E-state index is -0.405. The van der Waals surface area contributed by atoms with E-state index < -0.39 is 5.97 Å². The van der Waals surface area contributed by atoms with Crippen molar-refractivity contribution in [3.63, 3.8) is 0 Å². The van der Waals surface area contributed by atoms with Crippen LogP contribution in [0.5, 0.6) is 0 Å². The van der Waals surface area contributed by atoms with Gasteiger partial charge in [0.25, 0.3) is 0 Å². The van der Waals surface area contributed by atoms with Crippen molar-refractivity contribution in [2.75, 3.05) is 23.0 Å². The van der Waals surface area contributed by atoms with E-state index in [1.807, 2.05) is 26.0 Å². The summed E-state index contributed by atoms with van der Waals surface area (Å²) in [5.74, 6) is 0.342. The Morgan fingerprint density at radius 3 is 2.80 bits per heavy atom. The maximum Gasteiger partial charge on any atom is 0.341 e. The number of anilines is 2. The number of nitrogens with zero attached hydrogens (tertiary/aromatic N) is 2. The number of aromatic nitrogens is 2. The van der Waals surface area contributed by atoms with Crippen molar-refractivity contribution in [3.05, 3.63) is 40.2 Å². The highest BCUT2D eigenvalue weighted by Crippen LogP contribution is 2.34. The predicted octanol–water partition coefficient (Wildman–Crippen LogP) is 4.58. The lowest BCUT2D eigenvalue weighted by atomic mass is 10.1. The molecule has 3 aromatic heterocycles. The first-order valence-corrected chi connectivity index (χ1v) is 11.9. The fraction of sp³-hybridized carbons (Fsp3) is 0.368. The number of aryl methyl sites for hydroxylation is 1. The van der Waals surface area contributed by atoms with Crippen LogP contribution < -0.4 is 10.6 Å². The van der Waals surface area contributed by atoms with Crippen LogP contribution in [0, 0.1) is 6.92 Å². The Bertz CT molecular complexity index is 998. The number of esters is 1. The molecular formula is C19H22N4O4S3. The average molecular weight is 467 g/mol. The van der Waals surface area contributed by atoms with E-state index in [-0.39, 0.29) is 18.3 Å².